The number of carbonyl (C=O) groups excluding carboxylic acids is 1. The van der Waals surface area contributed by atoms with E-state index in [1.165, 1.54) is 29.9 Å². The van der Waals surface area contributed by atoms with Crippen molar-refractivity contribution >= 4 is 17.2 Å². The summed E-state index contributed by atoms with van der Waals surface area (Å²) in [6, 6.07) is 4.85. The predicted molar refractivity (Wildman–Crippen MR) is 84.7 cm³/mol. The van der Waals surface area contributed by atoms with Crippen LogP contribution in [0, 0.1) is 11.3 Å². The molecule has 0 bridgehead atoms. The normalized spacial score (nSPS) is 25.7. The molecule has 2 aliphatic rings. The SMILES string of the molecule is CC12CC1CN(C(=O)c1csc(-c3ccc(C(F)(F)F)cc3)n1)C2. The molecule has 1 aromatic carbocycles. The van der Waals surface area contributed by atoms with E-state index in [4.69, 9.17) is 0 Å². The summed E-state index contributed by atoms with van der Waals surface area (Å²) in [5, 5.41) is 2.24. The monoisotopic (exact) mass is 352 g/mol. The molecule has 24 heavy (non-hydrogen) atoms. The molecule has 1 saturated heterocycles. The molecule has 0 radical (unpaired) electrons. The lowest BCUT2D eigenvalue weighted by Crippen LogP contribution is -2.31. The summed E-state index contributed by atoms with van der Waals surface area (Å²) in [5.74, 6) is 0.521. The average molecular weight is 352 g/mol. The van der Waals surface area contributed by atoms with E-state index in [0.717, 1.165) is 25.2 Å². The summed E-state index contributed by atoms with van der Waals surface area (Å²) in [5.41, 5.74) is 0.550. The summed E-state index contributed by atoms with van der Waals surface area (Å²) in [7, 11) is 0. The summed E-state index contributed by atoms with van der Waals surface area (Å²) in [6.07, 6.45) is -3.17. The standard InChI is InChI=1S/C17H15F3N2OS/c1-16-6-12(16)7-22(9-16)15(23)13-8-24-14(21-13)10-2-4-11(5-3-10)17(18,19)20/h2-5,8,12H,6-7,9H2,1H3. The molecule has 1 amide bonds. The fourth-order valence-electron chi connectivity index (χ4n) is 3.37. The van der Waals surface area contributed by atoms with Gasteiger partial charge in [-0.05, 0) is 29.9 Å². The Morgan fingerprint density at radius 3 is 2.62 bits per heavy atom. The zero-order valence-electron chi connectivity index (χ0n) is 12.9. The van der Waals surface area contributed by atoms with E-state index in [0.29, 0.717) is 22.2 Å². The van der Waals surface area contributed by atoms with Crippen LogP contribution in [0.5, 0.6) is 0 Å². The molecule has 1 saturated carbocycles. The van der Waals surface area contributed by atoms with Crippen LogP contribution < -0.4 is 0 Å². The molecule has 7 heteroatoms. The summed E-state index contributed by atoms with van der Waals surface area (Å²) in [6.45, 7) is 3.74. The number of benzene rings is 1. The minimum atomic E-state index is -4.35. The highest BCUT2D eigenvalue weighted by atomic mass is 32.1. The minimum absolute atomic E-state index is 0.0853. The van der Waals surface area contributed by atoms with Gasteiger partial charge in [0.15, 0.2) is 0 Å². The fourth-order valence-corrected chi connectivity index (χ4v) is 4.17. The van der Waals surface area contributed by atoms with Gasteiger partial charge in [-0.3, -0.25) is 4.79 Å². The number of carbonyl (C=O) groups is 1. The number of aromatic nitrogens is 1. The van der Waals surface area contributed by atoms with Gasteiger partial charge in [-0.1, -0.05) is 19.1 Å². The van der Waals surface area contributed by atoms with Gasteiger partial charge >= 0.3 is 6.18 Å². The Kier molecular flexibility index (Phi) is 3.29. The van der Waals surface area contributed by atoms with Crippen molar-refractivity contribution in [2.45, 2.75) is 19.5 Å². The zero-order chi connectivity index (χ0) is 17.1. The number of rotatable bonds is 2. The van der Waals surface area contributed by atoms with Crippen LogP contribution >= 0.6 is 11.3 Å². The van der Waals surface area contributed by atoms with Crippen LogP contribution in [0.2, 0.25) is 0 Å². The first-order valence-electron chi connectivity index (χ1n) is 7.69. The second-order valence-electron chi connectivity index (χ2n) is 6.85. The van der Waals surface area contributed by atoms with Crippen LogP contribution in [-0.2, 0) is 6.18 Å². The Bertz CT molecular complexity index is 799. The van der Waals surface area contributed by atoms with Gasteiger partial charge in [-0.25, -0.2) is 4.98 Å². The average Bonchev–Trinajstić information content (AvgIpc) is 2.93. The molecule has 0 spiro atoms. The van der Waals surface area contributed by atoms with E-state index in [1.54, 1.807) is 5.38 Å². The number of amides is 1. The van der Waals surface area contributed by atoms with E-state index >= 15 is 0 Å². The van der Waals surface area contributed by atoms with Gasteiger partial charge in [0, 0.05) is 24.0 Å². The highest BCUT2D eigenvalue weighted by Gasteiger charge is 2.57. The van der Waals surface area contributed by atoms with Crippen molar-refractivity contribution in [2.75, 3.05) is 13.1 Å². The number of hydrogen-bond donors (Lipinski definition) is 0. The lowest BCUT2D eigenvalue weighted by atomic mass is 10.1. The Labute approximate surface area is 141 Å². The van der Waals surface area contributed by atoms with Gasteiger partial charge in [-0.15, -0.1) is 11.3 Å². The van der Waals surface area contributed by atoms with E-state index in [-0.39, 0.29) is 11.3 Å². The van der Waals surface area contributed by atoms with Crippen LogP contribution in [0.1, 0.15) is 29.4 Å². The first-order valence-corrected chi connectivity index (χ1v) is 8.57. The lowest BCUT2D eigenvalue weighted by molar-refractivity contribution is -0.137. The van der Waals surface area contributed by atoms with E-state index in [9.17, 15) is 18.0 Å². The van der Waals surface area contributed by atoms with Crippen LogP contribution in [0.15, 0.2) is 29.6 Å². The van der Waals surface area contributed by atoms with E-state index in [1.807, 2.05) is 4.90 Å². The van der Waals surface area contributed by atoms with Crippen molar-refractivity contribution in [3.63, 3.8) is 0 Å². The Hall–Kier alpha value is -1.89. The second-order valence-corrected chi connectivity index (χ2v) is 7.71. The third kappa shape index (κ3) is 2.60. The number of hydrogen-bond acceptors (Lipinski definition) is 3. The smallest absolute Gasteiger partial charge is 0.336 e. The Morgan fingerprint density at radius 2 is 2.04 bits per heavy atom. The molecule has 2 unspecified atom stereocenters. The molecular formula is C17H15F3N2OS. The maximum Gasteiger partial charge on any atom is 0.416 e. The molecule has 2 aromatic rings. The lowest BCUT2D eigenvalue weighted by Gasteiger charge is -2.18. The summed E-state index contributed by atoms with van der Waals surface area (Å²) < 4.78 is 37.8. The third-order valence-electron chi connectivity index (χ3n) is 5.00. The highest BCUT2D eigenvalue weighted by Crippen LogP contribution is 2.57. The zero-order valence-corrected chi connectivity index (χ0v) is 13.7. The van der Waals surface area contributed by atoms with Crippen molar-refractivity contribution in [3.05, 3.63) is 40.9 Å². The van der Waals surface area contributed by atoms with Crippen molar-refractivity contribution in [2.24, 2.45) is 11.3 Å². The molecule has 4 rings (SSSR count). The summed E-state index contributed by atoms with van der Waals surface area (Å²) >= 11 is 1.27. The van der Waals surface area contributed by atoms with Gasteiger partial charge in [0.1, 0.15) is 10.7 Å². The van der Waals surface area contributed by atoms with Crippen LogP contribution in [0.3, 0.4) is 0 Å². The number of halogens is 3. The van der Waals surface area contributed by atoms with Gasteiger partial charge in [0.2, 0.25) is 0 Å². The maximum atomic E-state index is 12.6. The highest BCUT2D eigenvalue weighted by molar-refractivity contribution is 7.13. The molecule has 2 atom stereocenters. The number of alkyl halides is 3. The van der Waals surface area contributed by atoms with Gasteiger partial charge in [-0.2, -0.15) is 13.2 Å². The van der Waals surface area contributed by atoms with Crippen LogP contribution in [0.4, 0.5) is 13.2 Å². The first kappa shape index (κ1) is 15.6. The van der Waals surface area contributed by atoms with Gasteiger partial charge < -0.3 is 4.90 Å². The first-order chi connectivity index (χ1) is 11.3. The number of fused-ring (bicyclic) bond motifs is 1. The molecule has 1 aromatic heterocycles. The Balaban J connectivity index is 1.51. The molecular weight excluding hydrogens is 337 g/mol. The van der Waals surface area contributed by atoms with Crippen molar-refractivity contribution < 1.29 is 18.0 Å². The van der Waals surface area contributed by atoms with Crippen molar-refractivity contribution in [3.8, 4) is 10.6 Å². The number of thiazole rings is 1. The molecule has 2 heterocycles. The number of nitrogens with zero attached hydrogens (tertiary/aromatic N) is 2. The maximum absolute atomic E-state index is 12.6. The van der Waals surface area contributed by atoms with Gasteiger partial charge in [0.05, 0.1) is 5.56 Å². The topological polar surface area (TPSA) is 33.2 Å². The second kappa shape index (κ2) is 5.05. The largest absolute Gasteiger partial charge is 0.416 e. The van der Waals surface area contributed by atoms with Crippen LogP contribution in [-0.4, -0.2) is 28.9 Å². The molecule has 126 valence electrons. The fraction of sp³-hybridized carbons (Fsp3) is 0.412. The van der Waals surface area contributed by atoms with Crippen LogP contribution in [0.25, 0.3) is 10.6 Å². The molecule has 1 aliphatic carbocycles. The van der Waals surface area contributed by atoms with Crippen molar-refractivity contribution in [1.82, 2.24) is 9.88 Å². The predicted octanol–water partition coefficient (Wildman–Crippen LogP) is 4.31. The number of likely N-dealkylation sites (tertiary alicyclic amines) is 1. The minimum Gasteiger partial charge on any atom is -0.336 e. The number of piperidine rings is 1. The quantitative estimate of drug-likeness (QED) is 0.807. The molecule has 2 fully saturated rings. The van der Waals surface area contributed by atoms with Crippen molar-refractivity contribution in [1.29, 1.82) is 0 Å². The van der Waals surface area contributed by atoms with E-state index in [2.05, 4.69) is 11.9 Å². The Morgan fingerprint density at radius 1 is 1.33 bits per heavy atom. The summed E-state index contributed by atoms with van der Waals surface area (Å²) in [4.78, 5) is 18.7. The molecule has 1 aliphatic heterocycles. The van der Waals surface area contributed by atoms with E-state index < -0.39 is 11.7 Å². The molecule has 3 nitrogen and oxygen atoms in total. The third-order valence-corrected chi connectivity index (χ3v) is 5.89. The van der Waals surface area contributed by atoms with Gasteiger partial charge in [0.25, 0.3) is 5.91 Å². The molecule has 0 N–H and O–H groups in total.